The zero-order valence-corrected chi connectivity index (χ0v) is 16.6. The topological polar surface area (TPSA) is 61.8 Å². The fourth-order valence-electron chi connectivity index (χ4n) is 3.49. The molecule has 0 saturated carbocycles. The molecule has 1 heterocycles. The smallest absolute Gasteiger partial charge is 0.348 e. The van der Waals surface area contributed by atoms with Gasteiger partial charge in [-0.25, -0.2) is 4.79 Å². The van der Waals surface area contributed by atoms with Crippen molar-refractivity contribution in [3.05, 3.63) is 29.8 Å². The lowest BCUT2D eigenvalue weighted by Gasteiger charge is -2.34. The molecule has 5 heteroatoms. The summed E-state index contributed by atoms with van der Waals surface area (Å²) in [4.78, 5) is 14.3. The first-order valence-electron chi connectivity index (χ1n) is 9.84. The van der Waals surface area contributed by atoms with Gasteiger partial charge in [0.15, 0.2) is 0 Å². The van der Waals surface area contributed by atoms with Gasteiger partial charge in [0.25, 0.3) is 0 Å². The van der Waals surface area contributed by atoms with Crippen LogP contribution >= 0.6 is 0 Å². The maximum absolute atomic E-state index is 11.8. The van der Waals surface area contributed by atoms with Gasteiger partial charge in [0.1, 0.15) is 5.75 Å². The zero-order valence-electron chi connectivity index (χ0n) is 16.6. The van der Waals surface area contributed by atoms with Gasteiger partial charge >= 0.3 is 5.97 Å². The van der Waals surface area contributed by atoms with Crippen molar-refractivity contribution in [2.45, 2.75) is 65.1 Å². The average Bonchev–Trinajstić information content (AvgIpc) is 2.61. The second-order valence-corrected chi connectivity index (χ2v) is 7.75. The summed E-state index contributed by atoms with van der Waals surface area (Å²) in [5.74, 6) is 0.372. The average molecular weight is 363 g/mol. The number of piperidine rings is 1. The highest BCUT2D eigenvalue weighted by Crippen LogP contribution is 2.28. The second-order valence-electron chi connectivity index (χ2n) is 7.75. The van der Waals surface area contributed by atoms with Crippen LogP contribution in [0.15, 0.2) is 24.3 Å². The number of rotatable bonds is 9. The van der Waals surface area contributed by atoms with Gasteiger partial charge in [-0.15, -0.1) is 0 Å². The molecule has 1 aliphatic heterocycles. The first-order chi connectivity index (χ1) is 12.4. The van der Waals surface area contributed by atoms with E-state index < -0.39 is 11.6 Å². The molecule has 1 atom stereocenters. The number of benzene rings is 1. The van der Waals surface area contributed by atoms with E-state index in [0.717, 1.165) is 25.1 Å². The van der Waals surface area contributed by atoms with E-state index in [9.17, 15) is 9.90 Å². The minimum Gasteiger partial charge on any atom is -0.478 e. The molecule has 2 rings (SSSR count). The summed E-state index contributed by atoms with van der Waals surface area (Å²) in [5.41, 5.74) is 0.0519. The lowest BCUT2D eigenvalue weighted by molar-refractivity contribution is -0.157. The van der Waals surface area contributed by atoms with Gasteiger partial charge in [0.2, 0.25) is 5.60 Å². The summed E-state index contributed by atoms with van der Waals surface area (Å²) in [5, 5.41) is 12.9. The summed E-state index contributed by atoms with van der Waals surface area (Å²) < 4.78 is 6.04. The van der Waals surface area contributed by atoms with Gasteiger partial charge < -0.3 is 15.2 Å². The van der Waals surface area contributed by atoms with Gasteiger partial charge in [-0.05, 0) is 56.6 Å². The van der Waals surface area contributed by atoms with E-state index in [-0.39, 0.29) is 0 Å². The second kappa shape index (κ2) is 9.38. The first-order valence-corrected chi connectivity index (χ1v) is 9.84. The standard InChI is InChI=1S/C21H34N2O3/c1-5-13-23(17(4)16(2)3)15-18-7-6-8-19(14-18)26-21(20(24)25)9-11-22-12-10-21/h6-8,14,16-17,22H,5,9-13,15H2,1-4H3,(H,24,25)/t17-/m1/s1. The molecule has 0 unspecified atom stereocenters. The molecule has 0 radical (unpaired) electrons. The molecule has 26 heavy (non-hydrogen) atoms. The van der Waals surface area contributed by atoms with Crippen LogP contribution in [0.3, 0.4) is 0 Å². The fraction of sp³-hybridized carbons (Fsp3) is 0.667. The molecule has 1 fully saturated rings. The van der Waals surface area contributed by atoms with Crippen LogP contribution in [-0.4, -0.2) is 47.3 Å². The van der Waals surface area contributed by atoms with Crippen molar-refractivity contribution in [3.8, 4) is 5.75 Å². The molecule has 0 spiro atoms. The lowest BCUT2D eigenvalue weighted by Crippen LogP contribution is -2.52. The molecule has 1 aromatic rings. The van der Waals surface area contributed by atoms with Gasteiger partial charge in [-0.2, -0.15) is 0 Å². The SMILES string of the molecule is CCCN(Cc1cccc(OC2(C(=O)O)CCNCC2)c1)[C@H](C)C(C)C. The summed E-state index contributed by atoms with van der Waals surface area (Å²) >= 11 is 0. The Labute approximate surface area is 157 Å². The molecule has 2 N–H and O–H groups in total. The summed E-state index contributed by atoms with van der Waals surface area (Å²) in [6.45, 7) is 12.2. The number of carboxylic acids is 1. The molecule has 1 saturated heterocycles. The van der Waals surface area contributed by atoms with Crippen LogP contribution < -0.4 is 10.1 Å². The predicted molar refractivity (Wildman–Crippen MR) is 105 cm³/mol. The molecule has 1 aliphatic rings. The van der Waals surface area contributed by atoms with Crippen molar-refractivity contribution in [2.75, 3.05) is 19.6 Å². The molecule has 146 valence electrons. The van der Waals surface area contributed by atoms with Crippen LogP contribution in [0.2, 0.25) is 0 Å². The Kier molecular flexibility index (Phi) is 7.47. The number of ether oxygens (including phenoxy) is 1. The molecule has 1 aromatic carbocycles. The normalized spacial score (nSPS) is 18.1. The largest absolute Gasteiger partial charge is 0.478 e. The number of hydrogen-bond acceptors (Lipinski definition) is 4. The van der Waals surface area contributed by atoms with Crippen LogP contribution in [0.4, 0.5) is 0 Å². The van der Waals surface area contributed by atoms with Crippen molar-refractivity contribution in [1.29, 1.82) is 0 Å². The number of hydrogen-bond donors (Lipinski definition) is 2. The highest BCUT2D eigenvalue weighted by molar-refractivity contribution is 5.78. The maximum Gasteiger partial charge on any atom is 0.348 e. The van der Waals surface area contributed by atoms with E-state index in [1.807, 2.05) is 18.2 Å². The van der Waals surface area contributed by atoms with Crippen molar-refractivity contribution in [3.63, 3.8) is 0 Å². The Morgan fingerprint density at radius 1 is 1.31 bits per heavy atom. The number of carboxylic acid groups (broad SMARTS) is 1. The number of carbonyl (C=O) groups is 1. The molecular weight excluding hydrogens is 328 g/mol. The number of nitrogens with one attached hydrogen (secondary N) is 1. The third-order valence-corrected chi connectivity index (χ3v) is 5.45. The van der Waals surface area contributed by atoms with E-state index in [1.165, 1.54) is 0 Å². The van der Waals surface area contributed by atoms with Crippen LogP contribution in [-0.2, 0) is 11.3 Å². The maximum atomic E-state index is 11.8. The summed E-state index contributed by atoms with van der Waals surface area (Å²) in [6, 6.07) is 8.42. The van der Waals surface area contributed by atoms with Crippen molar-refractivity contribution < 1.29 is 14.6 Å². The van der Waals surface area contributed by atoms with Gasteiger partial charge in [-0.1, -0.05) is 32.9 Å². The highest BCUT2D eigenvalue weighted by Gasteiger charge is 2.42. The molecule has 0 aliphatic carbocycles. The van der Waals surface area contributed by atoms with Crippen molar-refractivity contribution >= 4 is 5.97 Å². The van der Waals surface area contributed by atoms with Crippen LogP contribution in [0.5, 0.6) is 5.75 Å². The Bertz CT molecular complexity index is 582. The van der Waals surface area contributed by atoms with Gasteiger partial charge in [0.05, 0.1) is 0 Å². The quantitative estimate of drug-likeness (QED) is 0.704. The monoisotopic (exact) mass is 362 g/mol. The van der Waals surface area contributed by atoms with Gasteiger partial charge in [-0.3, -0.25) is 4.90 Å². The Morgan fingerprint density at radius 2 is 2.00 bits per heavy atom. The molecule has 0 aromatic heterocycles. The summed E-state index contributed by atoms with van der Waals surface area (Å²) in [7, 11) is 0. The van der Waals surface area contributed by atoms with Crippen LogP contribution in [0.25, 0.3) is 0 Å². The number of nitrogens with zero attached hydrogens (tertiary/aromatic N) is 1. The fourth-order valence-corrected chi connectivity index (χ4v) is 3.49. The Morgan fingerprint density at radius 3 is 2.58 bits per heavy atom. The van der Waals surface area contributed by atoms with Crippen LogP contribution in [0.1, 0.15) is 52.5 Å². The van der Waals surface area contributed by atoms with E-state index in [4.69, 9.17) is 4.74 Å². The third kappa shape index (κ3) is 5.21. The Hall–Kier alpha value is -1.59. The minimum absolute atomic E-state index is 0.485. The van der Waals surface area contributed by atoms with Crippen molar-refractivity contribution in [1.82, 2.24) is 10.2 Å². The molecule has 0 bridgehead atoms. The molecule has 0 amide bonds. The van der Waals surface area contributed by atoms with E-state index in [1.54, 1.807) is 0 Å². The Balaban J connectivity index is 2.14. The molecule has 5 nitrogen and oxygen atoms in total. The van der Waals surface area contributed by atoms with Crippen molar-refractivity contribution in [2.24, 2.45) is 5.92 Å². The minimum atomic E-state index is -1.11. The zero-order chi connectivity index (χ0) is 19.2. The summed E-state index contributed by atoms with van der Waals surface area (Å²) in [6.07, 6.45) is 2.08. The van der Waals surface area contributed by atoms with Crippen LogP contribution in [0, 0.1) is 5.92 Å². The third-order valence-electron chi connectivity index (χ3n) is 5.45. The van der Waals surface area contributed by atoms with E-state index >= 15 is 0 Å². The van der Waals surface area contributed by atoms with Gasteiger partial charge in [0, 0.05) is 25.4 Å². The van der Waals surface area contributed by atoms with E-state index in [0.29, 0.717) is 43.6 Å². The lowest BCUT2D eigenvalue weighted by atomic mass is 9.92. The first kappa shape index (κ1) is 20.7. The predicted octanol–water partition coefficient (Wildman–Crippen LogP) is 3.53. The number of aliphatic carboxylic acids is 1. The highest BCUT2D eigenvalue weighted by atomic mass is 16.5. The van der Waals surface area contributed by atoms with E-state index in [2.05, 4.69) is 44.0 Å². The molecular formula is C21H34N2O3.